The Labute approximate surface area is 366 Å². The van der Waals surface area contributed by atoms with Crippen molar-refractivity contribution in [2.45, 2.75) is 19.3 Å². The highest BCUT2D eigenvalue weighted by molar-refractivity contribution is 6.14. The minimum absolute atomic E-state index is 0.136. The monoisotopic (exact) mass is 820 g/mol. The summed E-state index contributed by atoms with van der Waals surface area (Å²) in [6.07, 6.45) is 0. The van der Waals surface area contributed by atoms with E-state index in [4.69, 9.17) is 23.8 Å². The standard InChI is InChI=1S/C58H36N4O2/c1-58(2)46-28-25-34(30-45(46)53-37-13-4-3-12-33(37)24-29-47(53)58)38-17-11-18-44-39-14-5-8-19-48(39)62(54(38)44)57-60-55(35-22-26-42-40-15-6-9-20-49(40)63-51(42)31-35)59-56(61-57)36-23-27-43-41-16-7-10-21-50(41)64-52(43)32-36/h3-32H,1-2H3. The highest BCUT2D eigenvalue weighted by atomic mass is 16.3. The highest BCUT2D eigenvalue weighted by Crippen LogP contribution is 2.52. The fourth-order valence-electron chi connectivity index (χ4n) is 10.6. The van der Waals surface area contributed by atoms with Gasteiger partial charge in [-0.15, -0.1) is 0 Å². The predicted molar refractivity (Wildman–Crippen MR) is 260 cm³/mol. The number of furan rings is 2. The molecule has 0 bridgehead atoms. The van der Waals surface area contributed by atoms with E-state index in [2.05, 4.69) is 152 Å². The van der Waals surface area contributed by atoms with Gasteiger partial charge in [0, 0.05) is 54.4 Å². The quantitative estimate of drug-likeness (QED) is 0.177. The zero-order chi connectivity index (χ0) is 42.3. The Morgan fingerprint density at radius 2 is 0.969 bits per heavy atom. The molecule has 0 saturated carbocycles. The number of nitrogens with zero attached hydrogens (tertiary/aromatic N) is 4. The molecule has 6 heteroatoms. The molecule has 4 aromatic heterocycles. The van der Waals surface area contributed by atoms with E-state index in [1.54, 1.807) is 0 Å². The summed E-state index contributed by atoms with van der Waals surface area (Å²) in [4.78, 5) is 16.0. The van der Waals surface area contributed by atoms with Gasteiger partial charge < -0.3 is 8.83 Å². The van der Waals surface area contributed by atoms with E-state index >= 15 is 0 Å². The predicted octanol–water partition coefficient (Wildman–Crippen LogP) is 15.2. The van der Waals surface area contributed by atoms with Crippen LogP contribution in [-0.2, 0) is 5.41 Å². The van der Waals surface area contributed by atoms with Crippen LogP contribution in [0.1, 0.15) is 25.0 Å². The summed E-state index contributed by atoms with van der Waals surface area (Å²) in [5, 5.41) is 9.01. The zero-order valence-electron chi connectivity index (χ0n) is 34.9. The van der Waals surface area contributed by atoms with Crippen LogP contribution in [0, 0.1) is 0 Å². The van der Waals surface area contributed by atoms with Gasteiger partial charge in [0.15, 0.2) is 11.6 Å². The fraction of sp³-hybridized carbons (Fsp3) is 0.0517. The Morgan fingerprint density at radius 1 is 0.406 bits per heavy atom. The smallest absolute Gasteiger partial charge is 0.238 e. The third-order valence-electron chi connectivity index (χ3n) is 13.7. The van der Waals surface area contributed by atoms with Crippen molar-refractivity contribution in [3.63, 3.8) is 0 Å². The number of hydrogen-bond acceptors (Lipinski definition) is 5. The van der Waals surface area contributed by atoms with Crippen molar-refractivity contribution in [1.82, 2.24) is 19.5 Å². The molecule has 4 heterocycles. The molecule has 6 nitrogen and oxygen atoms in total. The number of benzene rings is 9. The van der Waals surface area contributed by atoms with Gasteiger partial charge in [0.25, 0.3) is 0 Å². The molecule has 300 valence electrons. The van der Waals surface area contributed by atoms with Gasteiger partial charge in [-0.2, -0.15) is 9.97 Å². The molecule has 0 unspecified atom stereocenters. The Balaban J connectivity index is 1.03. The molecule has 0 fully saturated rings. The molecule has 1 aliphatic rings. The topological polar surface area (TPSA) is 69.9 Å². The van der Waals surface area contributed by atoms with Crippen LogP contribution in [0.2, 0.25) is 0 Å². The molecular weight excluding hydrogens is 785 g/mol. The van der Waals surface area contributed by atoms with Gasteiger partial charge in [-0.3, -0.25) is 4.57 Å². The Morgan fingerprint density at radius 3 is 1.67 bits per heavy atom. The van der Waals surface area contributed by atoms with Gasteiger partial charge in [-0.05, 0) is 87.1 Å². The highest BCUT2D eigenvalue weighted by Gasteiger charge is 2.36. The van der Waals surface area contributed by atoms with Crippen LogP contribution in [0.25, 0.3) is 127 Å². The first-order valence-corrected chi connectivity index (χ1v) is 21.8. The zero-order valence-corrected chi connectivity index (χ0v) is 34.9. The van der Waals surface area contributed by atoms with E-state index in [-0.39, 0.29) is 5.41 Å². The number of fused-ring (bicyclic) bond motifs is 14. The van der Waals surface area contributed by atoms with Crippen molar-refractivity contribution in [3.8, 4) is 51.0 Å². The van der Waals surface area contributed by atoms with Crippen molar-refractivity contribution in [2.75, 3.05) is 0 Å². The molecule has 0 radical (unpaired) electrons. The molecule has 0 aliphatic heterocycles. The summed E-state index contributed by atoms with van der Waals surface area (Å²) in [7, 11) is 0. The maximum atomic E-state index is 6.39. The summed E-state index contributed by atoms with van der Waals surface area (Å²) < 4.78 is 15.0. The van der Waals surface area contributed by atoms with E-state index in [0.717, 1.165) is 87.9 Å². The van der Waals surface area contributed by atoms with Crippen molar-refractivity contribution in [3.05, 3.63) is 193 Å². The molecule has 64 heavy (non-hydrogen) atoms. The summed E-state index contributed by atoms with van der Waals surface area (Å²) in [6, 6.07) is 64.3. The van der Waals surface area contributed by atoms with Crippen LogP contribution in [-0.4, -0.2) is 19.5 Å². The minimum Gasteiger partial charge on any atom is -0.456 e. The van der Waals surface area contributed by atoms with E-state index in [1.165, 1.54) is 33.0 Å². The third kappa shape index (κ3) is 4.93. The van der Waals surface area contributed by atoms with Crippen LogP contribution < -0.4 is 0 Å². The van der Waals surface area contributed by atoms with Crippen LogP contribution in [0.15, 0.2) is 191 Å². The second kappa shape index (κ2) is 12.8. The first-order chi connectivity index (χ1) is 31.5. The molecular formula is C58H36N4O2. The van der Waals surface area contributed by atoms with Crippen LogP contribution in [0.3, 0.4) is 0 Å². The maximum Gasteiger partial charge on any atom is 0.238 e. The Bertz CT molecular complexity index is 4000. The third-order valence-corrected chi connectivity index (χ3v) is 13.7. The van der Waals surface area contributed by atoms with Gasteiger partial charge in [-0.1, -0.05) is 147 Å². The molecule has 0 atom stereocenters. The normalized spacial score (nSPS) is 13.3. The van der Waals surface area contributed by atoms with E-state index in [1.807, 2.05) is 48.5 Å². The minimum atomic E-state index is -0.136. The number of aromatic nitrogens is 4. The van der Waals surface area contributed by atoms with Gasteiger partial charge in [0.05, 0.1) is 11.0 Å². The van der Waals surface area contributed by atoms with Crippen molar-refractivity contribution in [1.29, 1.82) is 0 Å². The summed E-state index contributed by atoms with van der Waals surface area (Å²) in [5.41, 5.74) is 14.3. The Hall–Kier alpha value is -8.35. The van der Waals surface area contributed by atoms with Crippen LogP contribution >= 0.6 is 0 Å². The molecule has 9 aromatic carbocycles. The molecule has 1 aliphatic carbocycles. The summed E-state index contributed by atoms with van der Waals surface area (Å²) in [6.45, 7) is 4.69. The molecule has 0 amide bonds. The number of hydrogen-bond donors (Lipinski definition) is 0. The van der Waals surface area contributed by atoms with Crippen molar-refractivity contribution >= 4 is 76.5 Å². The first kappa shape index (κ1) is 35.3. The number of para-hydroxylation sites is 4. The average molecular weight is 821 g/mol. The lowest BCUT2D eigenvalue weighted by atomic mass is 9.82. The summed E-state index contributed by atoms with van der Waals surface area (Å²) in [5.74, 6) is 1.60. The maximum absolute atomic E-state index is 6.39. The van der Waals surface area contributed by atoms with Crippen molar-refractivity contribution < 1.29 is 8.83 Å². The van der Waals surface area contributed by atoms with Gasteiger partial charge in [0.2, 0.25) is 5.95 Å². The SMILES string of the molecule is CC1(C)c2ccc(-c3cccc4c5ccccc5n(-c5nc(-c6ccc7c(c6)oc6ccccc67)nc(-c6ccc7c(c6)oc6ccccc67)n5)c34)cc2-c2c1ccc1ccccc21. The average Bonchev–Trinajstić information content (AvgIpc) is 4.07. The van der Waals surface area contributed by atoms with Gasteiger partial charge in [-0.25, -0.2) is 4.98 Å². The molecule has 14 rings (SSSR count). The second-order valence-corrected chi connectivity index (χ2v) is 17.5. The molecule has 0 spiro atoms. The van der Waals surface area contributed by atoms with E-state index in [9.17, 15) is 0 Å². The lowest BCUT2D eigenvalue weighted by Gasteiger charge is -2.21. The van der Waals surface area contributed by atoms with Crippen LogP contribution in [0.4, 0.5) is 0 Å². The fourth-order valence-corrected chi connectivity index (χ4v) is 10.6. The molecule has 13 aromatic rings. The van der Waals surface area contributed by atoms with Gasteiger partial charge in [0.1, 0.15) is 22.3 Å². The Kier molecular flexibility index (Phi) is 7.08. The van der Waals surface area contributed by atoms with E-state index < -0.39 is 0 Å². The lowest BCUT2D eigenvalue weighted by Crippen LogP contribution is -2.14. The largest absolute Gasteiger partial charge is 0.456 e. The second-order valence-electron chi connectivity index (χ2n) is 17.5. The van der Waals surface area contributed by atoms with E-state index in [0.29, 0.717) is 17.6 Å². The van der Waals surface area contributed by atoms with Crippen LogP contribution in [0.5, 0.6) is 0 Å². The van der Waals surface area contributed by atoms with Crippen molar-refractivity contribution in [2.24, 2.45) is 0 Å². The first-order valence-electron chi connectivity index (χ1n) is 21.8. The van der Waals surface area contributed by atoms with Gasteiger partial charge >= 0.3 is 0 Å². The molecule has 0 N–H and O–H groups in total. The summed E-state index contributed by atoms with van der Waals surface area (Å²) >= 11 is 0. The molecule has 0 saturated heterocycles. The lowest BCUT2D eigenvalue weighted by molar-refractivity contribution is 0.661. The number of rotatable bonds is 4.